The van der Waals surface area contributed by atoms with Crippen LogP contribution in [-0.2, 0) is 0 Å². The van der Waals surface area contributed by atoms with Crippen molar-refractivity contribution in [3.05, 3.63) is 28.8 Å². The van der Waals surface area contributed by atoms with Crippen LogP contribution in [-0.4, -0.2) is 37.6 Å². The lowest BCUT2D eigenvalue weighted by Gasteiger charge is -2.40. The minimum Gasteiger partial charge on any atom is -0.368 e. The van der Waals surface area contributed by atoms with Crippen molar-refractivity contribution < 1.29 is 0 Å². The van der Waals surface area contributed by atoms with Crippen molar-refractivity contribution in [3.8, 4) is 6.07 Å². The van der Waals surface area contributed by atoms with Gasteiger partial charge in [0.1, 0.15) is 6.07 Å². The number of nitriles is 1. The van der Waals surface area contributed by atoms with Gasteiger partial charge in [0.05, 0.1) is 11.3 Å². The zero-order chi connectivity index (χ0) is 13.1. The van der Waals surface area contributed by atoms with Gasteiger partial charge in [0.2, 0.25) is 0 Å². The van der Waals surface area contributed by atoms with Gasteiger partial charge in [-0.05, 0) is 31.7 Å². The first-order valence-electron chi connectivity index (χ1n) is 6.30. The van der Waals surface area contributed by atoms with E-state index in [0.717, 1.165) is 31.7 Å². The van der Waals surface area contributed by atoms with Gasteiger partial charge in [0.15, 0.2) is 0 Å². The Morgan fingerprint density at radius 3 is 2.89 bits per heavy atom. The van der Waals surface area contributed by atoms with E-state index in [4.69, 9.17) is 11.6 Å². The molecule has 18 heavy (non-hydrogen) atoms. The molecule has 0 amide bonds. The van der Waals surface area contributed by atoms with Gasteiger partial charge in [-0.3, -0.25) is 4.90 Å². The topological polar surface area (TPSA) is 30.3 Å². The summed E-state index contributed by atoms with van der Waals surface area (Å²) in [6.45, 7) is 5.13. The predicted molar refractivity (Wildman–Crippen MR) is 75.1 cm³/mol. The summed E-state index contributed by atoms with van der Waals surface area (Å²) in [4.78, 5) is 4.66. The molecule has 0 N–H and O–H groups in total. The second-order valence-corrected chi connectivity index (χ2v) is 5.20. The standard InChI is InChI=1S/C14H18ClN3/c1-3-13-10-18(7-6-17(13)2)14-8-12(15)5-4-11(14)9-16/h4-5,8,13H,3,6-7,10H2,1-2H3. The molecule has 0 spiro atoms. The summed E-state index contributed by atoms with van der Waals surface area (Å²) in [6.07, 6.45) is 1.12. The van der Waals surface area contributed by atoms with Crippen molar-refractivity contribution in [1.29, 1.82) is 5.26 Å². The summed E-state index contributed by atoms with van der Waals surface area (Å²) in [5.74, 6) is 0. The third kappa shape index (κ3) is 2.60. The highest BCUT2D eigenvalue weighted by atomic mass is 35.5. The predicted octanol–water partition coefficient (Wildman–Crippen LogP) is 2.74. The van der Waals surface area contributed by atoms with E-state index in [-0.39, 0.29) is 0 Å². The number of anilines is 1. The summed E-state index contributed by atoms with van der Waals surface area (Å²) in [5.41, 5.74) is 1.68. The molecule has 2 rings (SSSR count). The van der Waals surface area contributed by atoms with Crippen LogP contribution in [0.3, 0.4) is 0 Å². The Balaban J connectivity index is 2.27. The number of halogens is 1. The molecule has 3 nitrogen and oxygen atoms in total. The van der Waals surface area contributed by atoms with Crippen LogP contribution >= 0.6 is 11.6 Å². The molecule has 1 fully saturated rings. The summed E-state index contributed by atoms with van der Waals surface area (Å²) < 4.78 is 0. The van der Waals surface area contributed by atoms with E-state index in [9.17, 15) is 5.26 Å². The maximum Gasteiger partial charge on any atom is 0.101 e. The van der Waals surface area contributed by atoms with Gasteiger partial charge in [-0.15, -0.1) is 0 Å². The Labute approximate surface area is 114 Å². The third-order valence-corrected chi connectivity index (χ3v) is 3.90. The van der Waals surface area contributed by atoms with E-state index in [1.807, 2.05) is 6.07 Å². The maximum absolute atomic E-state index is 9.18. The molecule has 0 saturated carbocycles. The zero-order valence-corrected chi connectivity index (χ0v) is 11.6. The van der Waals surface area contributed by atoms with E-state index < -0.39 is 0 Å². The third-order valence-electron chi connectivity index (χ3n) is 3.67. The number of hydrogen-bond donors (Lipinski definition) is 0. The Kier molecular flexibility index (Phi) is 4.11. The highest BCUT2D eigenvalue weighted by Crippen LogP contribution is 2.26. The quantitative estimate of drug-likeness (QED) is 0.822. The van der Waals surface area contributed by atoms with Crippen LogP contribution < -0.4 is 4.90 Å². The van der Waals surface area contributed by atoms with Crippen LogP contribution in [0.4, 0.5) is 5.69 Å². The van der Waals surface area contributed by atoms with Gasteiger partial charge in [-0.25, -0.2) is 0 Å². The molecule has 1 atom stereocenters. The zero-order valence-electron chi connectivity index (χ0n) is 10.9. The largest absolute Gasteiger partial charge is 0.368 e. The van der Waals surface area contributed by atoms with Crippen LogP contribution in [0.2, 0.25) is 5.02 Å². The van der Waals surface area contributed by atoms with E-state index in [0.29, 0.717) is 16.6 Å². The lowest BCUT2D eigenvalue weighted by atomic mass is 10.1. The van der Waals surface area contributed by atoms with Gasteiger partial charge in [-0.2, -0.15) is 5.26 Å². The normalized spacial score (nSPS) is 20.8. The minimum absolute atomic E-state index is 0.546. The summed E-state index contributed by atoms with van der Waals surface area (Å²) in [7, 11) is 2.16. The van der Waals surface area contributed by atoms with Crippen molar-refractivity contribution in [2.45, 2.75) is 19.4 Å². The van der Waals surface area contributed by atoms with Crippen molar-refractivity contribution in [2.24, 2.45) is 0 Å². The van der Waals surface area contributed by atoms with Gasteiger partial charge >= 0.3 is 0 Å². The SMILES string of the molecule is CCC1CN(c2cc(Cl)ccc2C#N)CCN1C. The van der Waals surface area contributed by atoms with Crippen LogP contribution in [0.15, 0.2) is 18.2 Å². The van der Waals surface area contributed by atoms with Gasteiger partial charge in [-0.1, -0.05) is 18.5 Å². The number of hydrogen-bond acceptors (Lipinski definition) is 3. The first-order valence-corrected chi connectivity index (χ1v) is 6.68. The highest BCUT2D eigenvalue weighted by Gasteiger charge is 2.24. The van der Waals surface area contributed by atoms with Crippen LogP contribution in [0.5, 0.6) is 0 Å². The number of likely N-dealkylation sites (N-methyl/N-ethyl adjacent to an activating group) is 1. The van der Waals surface area contributed by atoms with Crippen molar-refractivity contribution in [3.63, 3.8) is 0 Å². The fraction of sp³-hybridized carbons (Fsp3) is 0.500. The fourth-order valence-corrected chi connectivity index (χ4v) is 2.63. The molecular weight excluding hydrogens is 246 g/mol. The smallest absolute Gasteiger partial charge is 0.101 e. The summed E-state index contributed by atoms with van der Waals surface area (Å²) in [6, 6.07) is 8.27. The number of benzene rings is 1. The van der Waals surface area contributed by atoms with E-state index in [2.05, 4.69) is 29.8 Å². The lowest BCUT2D eigenvalue weighted by Crippen LogP contribution is -2.51. The van der Waals surface area contributed by atoms with E-state index >= 15 is 0 Å². The first kappa shape index (κ1) is 13.2. The minimum atomic E-state index is 0.546. The molecule has 1 aliphatic heterocycles. The van der Waals surface area contributed by atoms with Crippen LogP contribution in [0.25, 0.3) is 0 Å². The van der Waals surface area contributed by atoms with Gasteiger partial charge in [0, 0.05) is 30.7 Å². The molecule has 0 aliphatic carbocycles. The number of nitrogens with zero attached hydrogens (tertiary/aromatic N) is 3. The molecule has 1 aliphatic rings. The second kappa shape index (κ2) is 5.60. The Hall–Kier alpha value is -1.24. The Bertz CT molecular complexity index is 467. The summed E-state index contributed by atoms with van der Waals surface area (Å²) in [5, 5.41) is 9.88. The average molecular weight is 264 g/mol. The lowest BCUT2D eigenvalue weighted by molar-refractivity contribution is 0.213. The number of rotatable bonds is 2. The maximum atomic E-state index is 9.18. The molecule has 0 radical (unpaired) electrons. The monoisotopic (exact) mass is 263 g/mol. The first-order chi connectivity index (χ1) is 8.65. The van der Waals surface area contributed by atoms with Crippen LogP contribution in [0.1, 0.15) is 18.9 Å². The van der Waals surface area contributed by atoms with Gasteiger partial charge < -0.3 is 4.90 Å². The highest BCUT2D eigenvalue weighted by molar-refractivity contribution is 6.30. The van der Waals surface area contributed by atoms with Crippen molar-refractivity contribution >= 4 is 17.3 Å². The molecule has 1 aromatic carbocycles. The van der Waals surface area contributed by atoms with E-state index in [1.54, 1.807) is 12.1 Å². The second-order valence-electron chi connectivity index (χ2n) is 4.76. The summed E-state index contributed by atoms with van der Waals surface area (Å²) >= 11 is 6.05. The van der Waals surface area contributed by atoms with Crippen molar-refractivity contribution in [2.75, 3.05) is 31.6 Å². The molecule has 1 unspecified atom stereocenters. The van der Waals surface area contributed by atoms with Crippen LogP contribution in [0, 0.1) is 11.3 Å². The molecular formula is C14H18ClN3. The molecule has 1 heterocycles. The van der Waals surface area contributed by atoms with Gasteiger partial charge in [0.25, 0.3) is 0 Å². The number of piperazine rings is 1. The Morgan fingerprint density at radius 1 is 1.44 bits per heavy atom. The molecule has 4 heteroatoms. The molecule has 1 saturated heterocycles. The van der Waals surface area contributed by atoms with E-state index in [1.165, 1.54) is 0 Å². The van der Waals surface area contributed by atoms with Crippen molar-refractivity contribution in [1.82, 2.24) is 4.90 Å². The molecule has 0 aromatic heterocycles. The average Bonchev–Trinajstić information content (AvgIpc) is 2.39. The fourth-order valence-electron chi connectivity index (χ4n) is 2.47. The Morgan fingerprint density at radius 2 is 2.22 bits per heavy atom. The molecule has 1 aromatic rings. The molecule has 96 valence electrons. The molecule has 0 bridgehead atoms.